The second kappa shape index (κ2) is 6.09. The van der Waals surface area contributed by atoms with Gasteiger partial charge in [0.25, 0.3) is 5.91 Å². The van der Waals surface area contributed by atoms with Crippen LogP contribution in [-0.2, 0) is 4.74 Å². The maximum absolute atomic E-state index is 12.2. The van der Waals surface area contributed by atoms with E-state index in [4.69, 9.17) is 5.73 Å². The Morgan fingerprint density at radius 2 is 1.76 bits per heavy atom. The summed E-state index contributed by atoms with van der Waals surface area (Å²) in [6.45, 7) is 1.84. The minimum absolute atomic E-state index is 0.245. The van der Waals surface area contributed by atoms with Crippen LogP contribution >= 0.6 is 0 Å². The second-order valence-corrected chi connectivity index (χ2v) is 4.60. The van der Waals surface area contributed by atoms with Crippen LogP contribution < -0.4 is 11.1 Å². The molecule has 0 aliphatic heterocycles. The second-order valence-electron chi connectivity index (χ2n) is 4.60. The number of nitrogens with one attached hydrogen (secondary N) is 1. The van der Waals surface area contributed by atoms with Gasteiger partial charge < -0.3 is 15.8 Å². The normalized spacial score (nSPS) is 10.0. The van der Waals surface area contributed by atoms with E-state index in [1.165, 1.54) is 7.11 Å². The predicted molar refractivity (Wildman–Crippen MR) is 81.3 cm³/mol. The zero-order chi connectivity index (χ0) is 15.4. The molecule has 5 nitrogen and oxygen atoms in total. The van der Waals surface area contributed by atoms with E-state index in [2.05, 4.69) is 10.1 Å². The largest absolute Gasteiger partial charge is 0.465 e. The number of amides is 1. The minimum Gasteiger partial charge on any atom is -0.465 e. The molecular weight excluding hydrogens is 268 g/mol. The highest BCUT2D eigenvalue weighted by molar-refractivity contribution is 6.06. The third-order valence-electron chi connectivity index (χ3n) is 3.07. The number of rotatable bonds is 3. The fraction of sp³-hybridized carbons (Fsp3) is 0.125. The molecule has 0 aliphatic carbocycles. The van der Waals surface area contributed by atoms with Crippen molar-refractivity contribution in [2.75, 3.05) is 18.2 Å². The quantitative estimate of drug-likeness (QED) is 0.670. The Morgan fingerprint density at radius 3 is 2.38 bits per heavy atom. The van der Waals surface area contributed by atoms with Gasteiger partial charge in [-0.05, 0) is 48.9 Å². The molecule has 21 heavy (non-hydrogen) atoms. The van der Waals surface area contributed by atoms with E-state index < -0.39 is 5.97 Å². The number of esters is 1. The molecule has 0 saturated heterocycles. The number of nitrogens with two attached hydrogens (primary N) is 1. The van der Waals surface area contributed by atoms with Crippen molar-refractivity contribution < 1.29 is 14.3 Å². The maximum atomic E-state index is 12.2. The molecule has 1 amide bonds. The van der Waals surface area contributed by atoms with Crippen LogP contribution in [0.15, 0.2) is 42.5 Å². The van der Waals surface area contributed by atoms with Gasteiger partial charge in [0.05, 0.1) is 12.7 Å². The van der Waals surface area contributed by atoms with Crippen molar-refractivity contribution in [3.05, 3.63) is 59.2 Å². The summed E-state index contributed by atoms with van der Waals surface area (Å²) >= 11 is 0. The first-order valence-electron chi connectivity index (χ1n) is 6.37. The molecule has 108 valence electrons. The van der Waals surface area contributed by atoms with Crippen LogP contribution in [0.4, 0.5) is 11.4 Å². The van der Waals surface area contributed by atoms with Gasteiger partial charge in [-0.25, -0.2) is 4.79 Å². The number of carbonyl (C=O) groups is 2. The number of ether oxygens (including phenoxy) is 1. The lowest BCUT2D eigenvalue weighted by atomic mass is 10.1. The topological polar surface area (TPSA) is 81.4 Å². The summed E-state index contributed by atoms with van der Waals surface area (Å²) in [5.41, 5.74) is 8.61. The molecule has 0 atom stereocenters. The first kappa shape index (κ1) is 14.6. The predicted octanol–water partition coefficient (Wildman–Crippen LogP) is 2.62. The smallest absolute Gasteiger partial charge is 0.337 e. The van der Waals surface area contributed by atoms with Crippen molar-refractivity contribution in [3.8, 4) is 0 Å². The van der Waals surface area contributed by atoms with Crippen LogP contribution in [0.3, 0.4) is 0 Å². The number of hydrogen-bond donors (Lipinski definition) is 2. The van der Waals surface area contributed by atoms with E-state index in [9.17, 15) is 9.59 Å². The average Bonchev–Trinajstić information content (AvgIpc) is 2.49. The van der Waals surface area contributed by atoms with E-state index in [0.29, 0.717) is 22.5 Å². The lowest BCUT2D eigenvalue weighted by molar-refractivity contribution is 0.0600. The van der Waals surface area contributed by atoms with E-state index in [1.54, 1.807) is 42.5 Å². The van der Waals surface area contributed by atoms with Gasteiger partial charge >= 0.3 is 5.97 Å². The fourth-order valence-electron chi connectivity index (χ4n) is 1.89. The molecule has 0 aromatic heterocycles. The van der Waals surface area contributed by atoms with Gasteiger partial charge in [-0.15, -0.1) is 0 Å². The molecule has 2 aromatic carbocycles. The molecule has 0 saturated carbocycles. The number of nitrogen functional groups attached to an aromatic ring is 1. The molecule has 0 heterocycles. The Morgan fingerprint density at radius 1 is 1.10 bits per heavy atom. The fourth-order valence-corrected chi connectivity index (χ4v) is 1.89. The summed E-state index contributed by atoms with van der Waals surface area (Å²) in [5, 5.41) is 2.76. The van der Waals surface area contributed by atoms with Gasteiger partial charge in [-0.1, -0.05) is 6.07 Å². The highest BCUT2D eigenvalue weighted by Gasteiger charge is 2.10. The van der Waals surface area contributed by atoms with E-state index in [0.717, 1.165) is 5.56 Å². The van der Waals surface area contributed by atoms with Gasteiger partial charge in [0.2, 0.25) is 0 Å². The Labute approximate surface area is 122 Å². The van der Waals surface area contributed by atoms with Crippen molar-refractivity contribution in [1.29, 1.82) is 0 Å². The first-order chi connectivity index (χ1) is 10.0. The number of aryl methyl sites for hydroxylation is 1. The molecule has 2 rings (SSSR count). The van der Waals surface area contributed by atoms with Crippen molar-refractivity contribution in [2.45, 2.75) is 6.92 Å². The number of hydrogen-bond acceptors (Lipinski definition) is 4. The molecule has 0 fully saturated rings. The van der Waals surface area contributed by atoms with Gasteiger partial charge in [-0.2, -0.15) is 0 Å². The Hall–Kier alpha value is -2.82. The zero-order valence-corrected chi connectivity index (χ0v) is 11.8. The monoisotopic (exact) mass is 284 g/mol. The SMILES string of the molecule is COC(=O)c1ccc(NC(=O)c2cc(N)ccc2C)cc1. The summed E-state index contributed by atoms with van der Waals surface area (Å²) in [7, 11) is 1.32. The Balaban J connectivity index is 2.16. The molecule has 0 unspecified atom stereocenters. The van der Waals surface area contributed by atoms with Crippen molar-refractivity contribution in [1.82, 2.24) is 0 Å². The van der Waals surface area contributed by atoms with Crippen LogP contribution in [0.25, 0.3) is 0 Å². The highest BCUT2D eigenvalue weighted by atomic mass is 16.5. The van der Waals surface area contributed by atoms with Gasteiger partial charge in [0, 0.05) is 16.9 Å². The van der Waals surface area contributed by atoms with Crippen LogP contribution in [0, 0.1) is 6.92 Å². The number of anilines is 2. The van der Waals surface area contributed by atoms with E-state index >= 15 is 0 Å². The van der Waals surface area contributed by atoms with Crippen LogP contribution in [-0.4, -0.2) is 19.0 Å². The molecule has 0 aliphatic rings. The third-order valence-corrected chi connectivity index (χ3v) is 3.07. The molecule has 0 bridgehead atoms. The van der Waals surface area contributed by atoms with Gasteiger partial charge in [0.1, 0.15) is 0 Å². The Bertz CT molecular complexity index is 678. The van der Waals surface area contributed by atoms with Gasteiger partial charge in [-0.3, -0.25) is 4.79 Å². The van der Waals surface area contributed by atoms with E-state index in [1.807, 2.05) is 6.92 Å². The molecule has 0 radical (unpaired) electrons. The molecule has 3 N–H and O–H groups in total. The van der Waals surface area contributed by atoms with Crippen molar-refractivity contribution in [3.63, 3.8) is 0 Å². The molecular formula is C16H16N2O3. The summed E-state index contributed by atoms with van der Waals surface area (Å²) < 4.78 is 4.62. The summed E-state index contributed by atoms with van der Waals surface area (Å²) in [4.78, 5) is 23.5. The molecule has 0 spiro atoms. The van der Waals surface area contributed by atoms with Crippen LogP contribution in [0.2, 0.25) is 0 Å². The first-order valence-corrected chi connectivity index (χ1v) is 6.37. The standard InChI is InChI=1S/C16H16N2O3/c1-10-3-6-12(17)9-14(10)15(19)18-13-7-4-11(5-8-13)16(20)21-2/h3-9H,17H2,1-2H3,(H,18,19). The minimum atomic E-state index is -0.417. The maximum Gasteiger partial charge on any atom is 0.337 e. The summed E-state index contributed by atoms with van der Waals surface area (Å²) in [6.07, 6.45) is 0. The lowest BCUT2D eigenvalue weighted by Gasteiger charge is -2.09. The van der Waals surface area contributed by atoms with Gasteiger partial charge in [0.15, 0.2) is 0 Å². The third kappa shape index (κ3) is 3.39. The molecule has 5 heteroatoms. The van der Waals surface area contributed by atoms with Crippen LogP contribution in [0.5, 0.6) is 0 Å². The van der Waals surface area contributed by atoms with Crippen molar-refractivity contribution >= 4 is 23.3 Å². The molecule has 2 aromatic rings. The lowest BCUT2D eigenvalue weighted by Crippen LogP contribution is -2.14. The zero-order valence-electron chi connectivity index (χ0n) is 11.8. The highest BCUT2D eigenvalue weighted by Crippen LogP contribution is 2.16. The Kier molecular flexibility index (Phi) is 4.23. The number of methoxy groups -OCH3 is 1. The summed E-state index contributed by atoms with van der Waals surface area (Å²) in [5.74, 6) is -0.662. The summed E-state index contributed by atoms with van der Waals surface area (Å²) in [6, 6.07) is 11.6. The average molecular weight is 284 g/mol. The number of carbonyl (C=O) groups excluding carboxylic acids is 2. The van der Waals surface area contributed by atoms with E-state index in [-0.39, 0.29) is 5.91 Å². The van der Waals surface area contributed by atoms with Crippen molar-refractivity contribution in [2.24, 2.45) is 0 Å². The number of benzene rings is 2. The van der Waals surface area contributed by atoms with Crippen LogP contribution in [0.1, 0.15) is 26.3 Å².